The van der Waals surface area contributed by atoms with Crippen molar-refractivity contribution >= 4 is 29.5 Å². The van der Waals surface area contributed by atoms with Crippen LogP contribution in [0, 0.1) is 0 Å². The zero-order chi connectivity index (χ0) is 19.6. The lowest BCUT2D eigenvalue weighted by Gasteiger charge is -2.20. The molecule has 2 amide bonds. The van der Waals surface area contributed by atoms with Crippen LogP contribution in [0.25, 0.3) is 0 Å². The van der Waals surface area contributed by atoms with Crippen molar-refractivity contribution in [3.63, 3.8) is 0 Å². The molecule has 2 atom stereocenters. The first-order valence-corrected chi connectivity index (χ1v) is 9.82. The SMILES string of the molecule is CSC[C@@H](NC(=O)C[C@@H](NC(=O)c1ccccc1)c1ccccc1)C(=O)O. The first-order chi connectivity index (χ1) is 13.0. The predicted molar refractivity (Wildman–Crippen MR) is 106 cm³/mol. The second-order valence-corrected chi connectivity index (χ2v) is 6.83. The first-order valence-electron chi connectivity index (χ1n) is 8.43. The minimum absolute atomic E-state index is 0.0548. The van der Waals surface area contributed by atoms with E-state index in [0.29, 0.717) is 5.56 Å². The molecule has 0 aliphatic carbocycles. The molecule has 142 valence electrons. The van der Waals surface area contributed by atoms with Crippen LogP contribution in [0.3, 0.4) is 0 Å². The number of thioether (sulfide) groups is 1. The van der Waals surface area contributed by atoms with Crippen molar-refractivity contribution in [3.8, 4) is 0 Å². The summed E-state index contributed by atoms with van der Waals surface area (Å²) in [6, 6.07) is 16.3. The standard InChI is InChI=1S/C20H22N2O4S/c1-27-13-17(20(25)26)21-18(23)12-16(14-8-4-2-5-9-14)22-19(24)15-10-6-3-7-11-15/h2-11,16-17H,12-13H2,1H3,(H,21,23)(H,22,24)(H,25,26)/t16-,17-/m1/s1. The number of benzene rings is 2. The summed E-state index contributed by atoms with van der Waals surface area (Å²) in [7, 11) is 0. The summed E-state index contributed by atoms with van der Waals surface area (Å²) in [6.45, 7) is 0. The molecule has 6 nitrogen and oxygen atoms in total. The average molecular weight is 386 g/mol. The fourth-order valence-electron chi connectivity index (χ4n) is 2.55. The third-order valence-electron chi connectivity index (χ3n) is 3.90. The van der Waals surface area contributed by atoms with Crippen molar-refractivity contribution in [1.29, 1.82) is 0 Å². The van der Waals surface area contributed by atoms with Crippen LogP contribution in [0.4, 0.5) is 0 Å². The Labute approximate surface area is 162 Å². The van der Waals surface area contributed by atoms with Gasteiger partial charge in [-0.05, 0) is 24.0 Å². The second-order valence-electron chi connectivity index (χ2n) is 5.92. The van der Waals surface area contributed by atoms with Gasteiger partial charge in [0, 0.05) is 11.3 Å². The summed E-state index contributed by atoms with van der Waals surface area (Å²) in [5.74, 6) is -1.54. The van der Waals surface area contributed by atoms with Crippen LogP contribution in [0.1, 0.15) is 28.4 Å². The van der Waals surface area contributed by atoms with Crippen molar-refractivity contribution in [2.75, 3.05) is 12.0 Å². The van der Waals surface area contributed by atoms with Crippen LogP contribution in [0.5, 0.6) is 0 Å². The number of carbonyl (C=O) groups is 3. The van der Waals surface area contributed by atoms with Gasteiger partial charge in [-0.3, -0.25) is 9.59 Å². The molecule has 27 heavy (non-hydrogen) atoms. The van der Waals surface area contributed by atoms with Crippen molar-refractivity contribution in [1.82, 2.24) is 10.6 Å². The highest BCUT2D eigenvalue weighted by Crippen LogP contribution is 2.18. The molecule has 0 radical (unpaired) electrons. The number of rotatable bonds is 9. The quantitative estimate of drug-likeness (QED) is 0.615. The van der Waals surface area contributed by atoms with Crippen molar-refractivity contribution in [2.45, 2.75) is 18.5 Å². The van der Waals surface area contributed by atoms with E-state index in [2.05, 4.69) is 10.6 Å². The highest BCUT2D eigenvalue weighted by molar-refractivity contribution is 7.98. The van der Waals surface area contributed by atoms with Gasteiger partial charge in [-0.25, -0.2) is 4.79 Å². The molecule has 2 rings (SSSR count). The van der Waals surface area contributed by atoms with Gasteiger partial charge in [0.25, 0.3) is 5.91 Å². The second kappa shape index (κ2) is 10.4. The Morgan fingerprint density at radius 2 is 1.56 bits per heavy atom. The number of carboxylic acid groups (broad SMARTS) is 1. The van der Waals surface area contributed by atoms with Crippen LogP contribution in [-0.2, 0) is 9.59 Å². The number of hydrogen-bond acceptors (Lipinski definition) is 4. The predicted octanol–water partition coefficient (Wildman–Crippen LogP) is 2.48. The van der Waals surface area contributed by atoms with Gasteiger partial charge >= 0.3 is 5.97 Å². The molecule has 0 saturated carbocycles. The molecule has 7 heteroatoms. The van der Waals surface area contributed by atoms with E-state index in [0.717, 1.165) is 5.56 Å². The summed E-state index contributed by atoms with van der Waals surface area (Å²) in [5.41, 5.74) is 1.26. The average Bonchev–Trinajstić information content (AvgIpc) is 2.68. The number of amides is 2. The lowest BCUT2D eigenvalue weighted by atomic mass is 10.0. The highest BCUT2D eigenvalue weighted by Gasteiger charge is 2.23. The third-order valence-corrected chi connectivity index (χ3v) is 4.57. The van der Waals surface area contributed by atoms with Crippen LogP contribution in [-0.4, -0.2) is 40.9 Å². The van der Waals surface area contributed by atoms with Gasteiger partial charge < -0.3 is 15.7 Å². The van der Waals surface area contributed by atoms with E-state index in [-0.39, 0.29) is 18.1 Å². The van der Waals surface area contributed by atoms with Gasteiger partial charge in [0.2, 0.25) is 5.91 Å². The Hall–Kier alpha value is -2.80. The molecule has 0 fully saturated rings. The van der Waals surface area contributed by atoms with Gasteiger partial charge in [-0.1, -0.05) is 48.5 Å². The molecule has 0 aliphatic rings. The first kappa shape index (κ1) is 20.5. The molecule has 0 unspecified atom stereocenters. The molecule has 0 aliphatic heterocycles. The monoisotopic (exact) mass is 386 g/mol. The van der Waals surface area contributed by atoms with Crippen molar-refractivity contribution < 1.29 is 19.5 Å². The molecule has 3 N–H and O–H groups in total. The normalized spacial score (nSPS) is 12.6. The van der Waals surface area contributed by atoms with Gasteiger partial charge in [-0.2, -0.15) is 11.8 Å². The van der Waals surface area contributed by atoms with Gasteiger partial charge in [0.15, 0.2) is 0 Å². The Bertz CT molecular complexity index is 768. The summed E-state index contributed by atoms with van der Waals surface area (Å²) < 4.78 is 0. The molecule has 2 aromatic rings. The van der Waals surface area contributed by atoms with Crippen molar-refractivity contribution in [2.24, 2.45) is 0 Å². The lowest BCUT2D eigenvalue weighted by molar-refractivity contribution is -0.141. The zero-order valence-electron chi connectivity index (χ0n) is 14.9. The minimum Gasteiger partial charge on any atom is -0.480 e. The van der Waals surface area contributed by atoms with E-state index in [9.17, 15) is 19.5 Å². The van der Waals surface area contributed by atoms with E-state index in [4.69, 9.17) is 0 Å². The van der Waals surface area contributed by atoms with E-state index in [1.807, 2.05) is 36.4 Å². The molecular weight excluding hydrogens is 364 g/mol. The maximum absolute atomic E-state index is 12.5. The number of hydrogen-bond donors (Lipinski definition) is 3. The fraction of sp³-hybridized carbons (Fsp3) is 0.250. The maximum Gasteiger partial charge on any atom is 0.327 e. The van der Waals surface area contributed by atoms with Crippen molar-refractivity contribution in [3.05, 3.63) is 71.8 Å². The molecule has 0 aromatic heterocycles. The number of carbonyl (C=O) groups excluding carboxylic acids is 2. The van der Waals surface area contributed by atoms with E-state index in [1.54, 1.807) is 30.5 Å². The molecule has 0 heterocycles. The highest BCUT2D eigenvalue weighted by atomic mass is 32.2. The summed E-state index contributed by atoms with van der Waals surface area (Å²) in [5, 5.41) is 14.6. The van der Waals surface area contributed by atoms with Crippen LogP contribution in [0.2, 0.25) is 0 Å². The number of nitrogens with one attached hydrogen (secondary N) is 2. The smallest absolute Gasteiger partial charge is 0.327 e. The Kier molecular flexibility index (Phi) is 7.88. The lowest BCUT2D eigenvalue weighted by Crippen LogP contribution is -2.44. The fourth-order valence-corrected chi connectivity index (χ4v) is 3.11. The maximum atomic E-state index is 12.5. The summed E-state index contributed by atoms with van der Waals surface area (Å²) in [4.78, 5) is 36.1. The van der Waals surface area contributed by atoms with E-state index >= 15 is 0 Å². The summed E-state index contributed by atoms with van der Waals surface area (Å²) in [6.07, 6.45) is 1.72. The Morgan fingerprint density at radius 3 is 2.11 bits per heavy atom. The van der Waals surface area contributed by atoms with Crippen LogP contribution < -0.4 is 10.6 Å². The molecule has 0 bridgehead atoms. The van der Waals surface area contributed by atoms with Gasteiger partial charge in [-0.15, -0.1) is 0 Å². The summed E-state index contributed by atoms with van der Waals surface area (Å²) >= 11 is 1.34. The Balaban J connectivity index is 2.12. The zero-order valence-corrected chi connectivity index (χ0v) is 15.7. The molecular formula is C20H22N2O4S. The number of aliphatic carboxylic acids is 1. The largest absolute Gasteiger partial charge is 0.480 e. The third kappa shape index (κ3) is 6.45. The number of carboxylic acids is 1. The minimum atomic E-state index is -1.08. The molecule has 2 aromatic carbocycles. The topological polar surface area (TPSA) is 95.5 Å². The van der Waals surface area contributed by atoms with Gasteiger partial charge in [0.1, 0.15) is 6.04 Å². The van der Waals surface area contributed by atoms with E-state index in [1.165, 1.54) is 11.8 Å². The van der Waals surface area contributed by atoms with E-state index < -0.39 is 24.0 Å². The van der Waals surface area contributed by atoms with Crippen LogP contribution in [0.15, 0.2) is 60.7 Å². The van der Waals surface area contributed by atoms with Gasteiger partial charge in [0.05, 0.1) is 12.5 Å². The molecule has 0 saturated heterocycles. The Morgan fingerprint density at radius 1 is 0.963 bits per heavy atom. The van der Waals surface area contributed by atoms with Crippen LogP contribution >= 0.6 is 11.8 Å². The molecule has 0 spiro atoms.